The molecular weight excluding hydrogens is 396 g/mol. The first-order chi connectivity index (χ1) is 13.8. The number of carbonyl (C=O) groups is 1. The lowest BCUT2D eigenvalue weighted by molar-refractivity contribution is -0.117. The highest BCUT2D eigenvalue weighted by atomic mass is 19.3. The van der Waals surface area contributed by atoms with E-state index in [9.17, 15) is 22.4 Å². The minimum atomic E-state index is -3.04. The number of hydrogen-bond acceptors (Lipinski definition) is 6. The minimum absolute atomic E-state index is 0.178. The minimum Gasteiger partial charge on any atom is -0.496 e. The molecule has 0 radical (unpaired) electrons. The number of alkyl halides is 2. The molecule has 1 amide bonds. The van der Waals surface area contributed by atoms with Crippen molar-refractivity contribution in [1.29, 1.82) is 0 Å². The van der Waals surface area contributed by atoms with E-state index in [1.165, 1.54) is 36.5 Å². The lowest BCUT2D eigenvalue weighted by Crippen LogP contribution is -2.41. The Kier molecular flexibility index (Phi) is 5.87. The number of hydrogen-bond donors (Lipinski definition) is 2. The number of halogens is 4. The van der Waals surface area contributed by atoms with Gasteiger partial charge in [0, 0.05) is 19.3 Å². The van der Waals surface area contributed by atoms with Crippen molar-refractivity contribution in [3.8, 4) is 11.6 Å². The summed E-state index contributed by atoms with van der Waals surface area (Å²) in [7, 11) is 2.92. The van der Waals surface area contributed by atoms with Gasteiger partial charge in [-0.15, -0.1) is 0 Å². The maximum atomic E-state index is 13.8. The highest BCUT2D eigenvalue weighted by Gasteiger charge is 2.29. The highest BCUT2D eigenvalue weighted by molar-refractivity contribution is 5.98. The smallest absolute Gasteiger partial charge is 0.388 e. The van der Waals surface area contributed by atoms with Gasteiger partial charge in [-0.1, -0.05) is 6.07 Å². The Morgan fingerprint density at radius 3 is 2.62 bits per heavy atom. The van der Waals surface area contributed by atoms with Crippen LogP contribution >= 0.6 is 0 Å². The SMILES string of the molecule is COc1cc(OC(F)F)ncc1C1=CC(C(=O)Nc2c(F)cccc2F)NN1C. The molecule has 1 unspecified atom stereocenters. The summed E-state index contributed by atoms with van der Waals surface area (Å²) in [6.45, 7) is -3.04. The Morgan fingerprint density at radius 2 is 2.00 bits per heavy atom. The van der Waals surface area contributed by atoms with Gasteiger partial charge in [-0.25, -0.2) is 19.2 Å². The molecular formula is C18H16F4N4O3. The van der Waals surface area contributed by atoms with E-state index in [0.717, 1.165) is 12.1 Å². The standard InChI is InChI=1S/C18H16F4N4O3/c1-26-13(9-8-23-15(29-18(21)22)7-14(9)28-2)6-12(25-26)17(27)24-16-10(19)4-3-5-11(16)20/h3-8,12,18,25H,1-2H3,(H,24,27). The molecule has 1 aliphatic rings. The number of pyridine rings is 1. The van der Waals surface area contributed by atoms with E-state index < -0.39 is 35.9 Å². The summed E-state index contributed by atoms with van der Waals surface area (Å²) in [5.74, 6) is -2.68. The number of nitrogens with zero attached hydrogens (tertiary/aromatic N) is 2. The Hall–Kier alpha value is -3.34. The van der Waals surface area contributed by atoms with E-state index in [4.69, 9.17) is 4.74 Å². The zero-order valence-corrected chi connectivity index (χ0v) is 15.2. The summed E-state index contributed by atoms with van der Waals surface area (Å²) in [6.07, 6.45) is 2.72. The molecule has 1 aliphatic heterocycles. The van der Waals surface area contributed by atoms with Crippen molar-refractivity contribution < 1.29 is 31.8 Å². The molecule has 2 heterocycles. The third-order valence-electron chi connectivity index (χ3n) is 4.06. The molecule has 1 atom stereocenters. The molecule has 0 saturated carbocycles. The van der Waals surface area contributed by atoms with Crippen LogP contribution in [0.2, 0.25) is 0 Å². The number of ether oxygens (including phenoxy) is 2. The summed E-state index contributed by atoms with van der Waals surface area (Å²) in [5, 5.41) is 3.67. The maximum absolute atomic E-state index is 13.8. The molecule has 2 aromatic rings. The van der Waals surface area contributed by atoms with Gasteiger partial charge in [-0.05, 0) is 18.2 Å². The van der Waals surface area contributed by atoms with Gasteiger partial charge in [0.05, 0.1) is 18.4 Å². The quantitative estimate of drug-likeness (QED) is 0.711. The fourth-order valence-electron chi connectivity index (χ4n) is 2.74. The molecule has 0 fully saturated rings. The molecule has 0 saturated heterocycles. The lowest BCUT2D eigenvalue weighted by atomic mass is 10.1. The van der Waals surface area contributed by atoms with E-state index in [-0.39, 0.29) is 11.6 Å². The van der Waals surface area contributed by atoms with Gasteiger partial charge < -0.3 is 19.8 Å². The number of rotatable bonds is 6. The number of nitrogens with one attached hydrogen (secondary N) is 2. The van der Waals surface area contributed by atoms with Crippen molar-refractivity contribution in [2.24, 2.45) is 0 Å². The van der Waals surface area contributed by atoms with E-state index >= 15 is 0 Å². The molecule has 0 bridgehead atoms. The van der Waals surface area contributed by atoms with Crippen LogP contribution in [0.4, 0.5) is 23.2 Å². The van der Waals surface area contributed by atoms with Crippen LogP contribution in [0.1, 0.15) is 5.56 Å². The third-order valence-corrected chi connectivity index (χ3v) is 4.06. The van der Waals surface area contributed by atoms with Crippen LogP contribution in [-0.2, 0) is 4.79 Å². The second kappa shape index (κ2) is 8.35. The van der Waals surface area contributed by atoms with Crippen molar-refractivity contribution >= 4 is 17.3 Å². The Balaban J connectivity index is 1.84. The summed E-state index contributed by atoms with van der Waals surface area (Å²) >= 11 is 0. The fourth-order valence-corrected chi connectivity index (χ4v) is 2.74. The Bertz CT molecular complexity index is 934. The van der Waals surface area contributed by atoms with Gasteiger partial charge in [0.15, 0.2) is 0 Å². The van der Waals surface area contributed by atoms with Crippen LogP contribution in [0.3, 0.4) is 0 Å². The summed E-state index contributed by atoms with van der Waals surface area (Å²) in [5.41, 5.74) is 3.07. The average molecular weight is 412 g/mol. The van der Waals surface area contributed by atoms with Crippen molar-refractivity contribution in [2.45, 2.75) is 12.7 Å². The van der Waals surface area contributed by atoms with Crippen molar-refractivity contribution in [3.05, 3.63) is 53.7 Å². The first-order valence-corrected chi connectivity index (χ1v) is 8.26. The summed E-state index contributed by atoms with van der Waals surface area (Å²) in [4.78, 5) is 16.2. The van der Waals surface area contributed by atoms with Crippen LogP contribution in [0.15, 0.2) is 36.5 Å². The second-order valence-electron chi connectivity index (χ2n) is 5.90. The zero-order valence-electron chi connectivity index (χ0n) is 15.2. The number of methoxy groups -OCH3 is 1. The van der Waals surface area contributed by atoms with Crippen molar-refractivity contribution in [2.75, 3.05) is 19.5 Å². The monoisotopic (exact) mass is 412 g/mol. The number of carbonyl (C=O) groups excluding carboxylic acids is 1. The van der Waals surface area contributed by atoms with Gasteiger partial charge in [0.1, 0.15) is 29.1 Å². The lowest BCUT2D eigenvalue weighted by Gasteiger charge is -2.20. The molecule has 154 valence electrons. The normalized spacial score (nSPS) is 16.0. The number of anilines is 1. The van der Waals surface area contributed by atoms with Gasteiger partial charge in [-0.2, -0.15) is 8.78 Å². The van der Waals surface area contributed by atoms with Crippen LogP contribution in [-0.4, -0.2) is 42.7 Å². The Morgan fingerprint density at radius 1 is 1.31 bits per heavy atom. The molecule has 29 heavy (non-hydrogen) atoms. The molecule has 7 nitrogen and oxygen atoms in total. The molecule has 1 aromatic carbocycles. The summed E-state index contributed by atoms with van der Waals surface area (Å²) in [6, 6.07) is 3.44. The second-order valence-corrected chi connectivity index (χ2v) is 5.90. The molecule has 1 aromatic heterocycles. The predicted molar refractivity (Wildman–Crippen MR) is 95.1 cm³/mol. The molecule has 0 spiro atoms. The van der Waals surface area contributed by atoms with Gasteiger partial charge in [0.2, 0.25) is 11.8 Å². The average Bonchev–Trinajstić information content (AvgIpc) is 3.05. The zero-order chi connectivity index (χ0) is 21.1. The predicted octanol–water partition coefficient (Wildman–Crippen LogP) is 2.77. The number of benzene rings is 1. The van der Waals surface area contributed by atoms with Gasteiger partial charge in [0.25, 0.3) is 0 Å². The fraction of sp³-hybridized carbons (Fsp3) is 0.222. The third kappa shape index (κ3) is 4.40. The molecule has 3 rings (SSSR count). The first kappa shape index (κ1) is 20.4. The van der Waals surface area contributed by atoms with Crippen molar-refractivity contribution in [3.63, 3.8) is 0 Å². The van der Waals surface area contributed by atoms with Crippen LogP contribution < -0.4 is 20.2 Å². The van der Waals surface area contributed by atoms with E-state index in [2.05, 4.69) is 20.5 Å². The highest BCUT2D eigenvalue weighted by Crippen LogP contribution is 2.32. The summed E-state index contributed by atoms with van der Waals surface area (Å²) < 4.78 is 61.7. The van der Waals surface area contributed by atoms with E-state index in [1.54, 1.807) is 7.05 Å². The molecule has 11 heteroatoms. The largest absolute Gasteiger partial charge is 0.496 e. The maximum Gasteiger partial charge on any atom is 0.388 e. The number of hydrazine groups is 1. The molecule has 2 N–H and O–H groups in total. The van der Waals surface area contributed by atoms with Gasteiger partial charge >= 0.3 is 6.61 Å². The first-order valence-electron chi connectivity index (χ1n) is 8.26. The van der Waals surface area contributed by atoms with E-state index in [0.29, 0.717) is 11.3 Å². The van der Waals surface area contributed by atoms with E-state index in [1.807, 2.05) is 0 Å². The van der Waals surface area contributed by atoms with Crippen LogP contribution in [0.5, 0.6) is 11.6 Å². The number of para-hydroxylation sites is 1. The van der Waals surface area contributed by atoms with Gasteiger partial charge in [-0.3, -0.25) is 4.79 Å². The van der Waals surface area contributed by atoms with Crippen molar-refractivity contribution in [1.82, 2.24) is 15.4 Å². The van der Waals surface area contributed by atoms with Crippen LogP contribution in [0, 0.1) is 11.6 Å². The number of aromatic nitrogens is 1. The number of amides is 1. The molecule has 0 aliphatic carbocycles. The van der Waals surface area contributed by atoms with Crippen LogP contribution in [0.25, 0.3) is 5.70 Å². The Labute approximate surface area is 162 Å². The topological polar surface area (TPSA) is 75.7 Å².